The Morgan fingerprint density at radius 3 is 2.93 bits per heavy atom. The minimum absolute atomic E-state index is 0.0199. The molecule has 1 aliphatic heterocycles. The van der Waals surface area contributed by atoms with Crippen LogP contribution in [0.4, 0.5) is 0 Å². The summed E-state index contributed by atoms with van der Waals surface area (Å²) in [6.45, 7) is 1.04. The maximum Gasteiger partial charge on any atom is 0.252 e. The molecule has 0 bridgehead atoms. The maximum absolute atomic E-state index is 12.1. The molecule has 0 aromatic carbocycles. The number of thiophene rings is 1. The van der Waals surface area contributed by atoms with Crippen molar-refractivity contribution in [3.63, 3.8) is 0 Å². The van der Waals surface area contributed by atoms with Gasteiger partial charge in [0.15, 0.2) is 0 Å². The molecule has 0 radical (unpaired) electrons. The molecule has 15 heavy (non-hydrogen) atoms. The topological polar surface area (TPSA) is 63.4 Å². The highest BCUT2D eigenvalue weighted by Gasteiger charge is 2.29. The molecule has 0 saturated carbocycles. The second kappa shape index (κ2) is 4.21. The molecule has 1 saturated heterocycles. The van der Waals surface area contributed by atoms with Crippen LogP contribution in [0.2, 0.25) is 0 Å². The van der Waals surface area contributed by atoms with Crippen LogP contribution in [0.15, 0.2) is 21.7 Å². The number of hydrogen-bond acceptors (Lipinski definition) is 4. The third kappa shape index (κ3) is 2.23. The number of rotatable bonds is 2. The molecule has 2 N–H and O–H groups in total. The van der Waals surface area contributed by atoms with Crippen LogP contribution in [0, 0.1) is 0 Å². The third-order valence-electron chi connectivity index (χ3n) is 2.51. The molecule has 1 aromatic rings. The van der Waals surface area contributed by atoms with E-state index in [1.54, 1.807) is 17.5 Å². The van der Waals surface area contributed by atoms with E-state index >= 15 is 0 Å². The van der Waals surface area contributed by atoms with Crippen LogP contribution in [-0.4, -0.2) is 31.9 Å². The molecule has 6 heteroatoms. The lowest BCUT2D eigenvalue weighted by atomic mass is 10.1. The molecular formula is C9H14N2O2S2. The van der Waals surface area contributed by atoms with Crippen LogP contribution in [0.5, 0.6) is 0 Å². The highest BCUT2D eigenvalue weighted by molar-refractivity contribution is 7.91. The second-order valence-electron chi connectivity index (χ2n) is 3.70. The molecule has 1 aromatic heterocycles. The largest absolute Gasteiger partial charge is 0.327 e. The van der Waals surface area contributed by atoms with Gasteiger partial charge >= 0.3 is 0 Å². The van der Waals surface area contributed by atoms with Crippen molar-refractivity contribution in [2.75, 3.05) is 13.1 Å². The predicted octanol–water partition coefficient (Wildman–Crippen LogP) is 0.860. The maximum atomic E-state index is 12.1. The van der Waals surface area contributed by atoms with Crippen molar-refractivity contribution in [1.82, 2.24) is 4.31 Å². The van der Waals surface area contributed by atoms with E-state index in [0.717, 1.165) is 12.8 Å². The van der Waals surface area contributed by atoms with Gasteiger partial charge in [0.2, 0.25) is 0 Å². The van der Waals surface area contributed by atoms with E-state index in [1.807, 2.05) is 0 Å². The average Bonchev–Trinajstić information content (AvgIpc) is 2.71. The summed E-state index contributed by atoms with van der Waals surface area (Å²) >= 11 is 1.25. The van der Waals surface area contributed by atoms with Gasteiger partial charge in [0.05, 0.1) is 0 Å². The van der Waals surface area contributed by atoms with E-state index in [-0.39, 0.29) is 6.04 Å². The lowest BCUT2D eigenvalue weighted by Gasteiger charge is -2.29. The van der Waals surface area contributed by atoms with E-state index in [1.165, 1.54) is 15.6 Å². The third-order valence-corrected chi connectivity index (χ3v) is 5.75. The smallest absolute Gasteiger partial charge is 0.252 e. The Morgan fingerprint density at radius 1 is 1.53 bits per heavy atom. The number of sulfonamides is 1. The van der Waals surface area contributed by atoms with Gasteiger partial charge < -0.3 is 5.73 Å². The quantitative estimate of drug-likeness (QED) is 0.842. The molecule has 84 valence electrons. The molecule has 0 amide bonds. The van der Waals surface area contributed by atoms with Crippen molar-refractivity contribution in [2.45, 2.75) is 23.1 Å². The number of hydrogen-bond donors (Lipinski definition) is 1. The zero-order valence-electron chi connectivity index (χ0n) is 8.30. The van der Waals surface area contributed by atoms with E-state index in [4.69, 9.17) is 5.73 Å². The van der Waals surface area contributed by atoms with Crippen LogP contribution in [-0.2, 0) is 10.0 Å². The lowest BCUT2D eigenvalue weighted by Crippen LogP contribution is -2.45. The molecule has 2 heterocycles. The SMILES string of the molecule is N[C@H]1CCCN(S(=O)(=O)c2cccs2)C1. The van der Waals surface area contributed by atoms with Crippen LogP contribution < -0.4 is 5.73 Å². The van der Waals surface area contributed by atoms with Gasteiger partial charge in [-0.1, -0.05) is 6.07 Å². The van der Waals surface area contributed by atoms with E-state index < -0.39 is 10.0 Å². The first-order valence-electron chi connectivity index (χ1n) is 4.90. The summed E-state index contributed by atoms with van der Waals surface area (Å²) in [7, 11) is -3.28. The highest BCUT2D eigenvalue weighted by atomic mass is 32.2. The van der Waals surface area contributed by atoms with Gasteiger partial charge in [-0.25, -0.2) is 8.42 Å². The number of piperidine rings is 1. The van der Waals surface area contributed by atoms with Crippen molar-refractivity contribution < 1.29 is 8.42 Å². The summed E-state index contributed by atoms with van der Waals surface area (Å²) in [4.78, 5) is 0. The Hall–Kier alpha value is -0.430. The van der Waals surface area contributed by atoms with Gasteiger partial charge in [-0.05, 0) is 24.3 Å². The molecule has 2 rings (SSSR count). The zero-order chi connectivity index (χ0) is 10.9. The first-order chi connectivity index (χ1) is 7.10. The van der Waals surface area contributed by atoms with Crippen LogP contribution in [0.1, 0.15) is 12.8 Å². The van der Waals surface area contributed by atoms with Crippen LogP contribution in [0.3, 0.4) is 0 Å². The Bertz CT molecular complexity index is 413. The van der Waals surface area contributed by atoms with Gasteiger partial charge in [0, 0.05) is 19.1 Å². The minimum Gasteiger partial charge on any atom is -0.327 e. The number of nitrogens with two attached hydrogens (primary N) is 1. The monoisotopic (exact) mass is 246 g/mol. The highest BCUT2D eigenvalue weighted by Crippen LogP contribution is 2.23. The first kappa shape index (κ1) is 11.1. The summed E-state index contributed by atoms with van der Waals surface area (Å²) in [5.41, 5.74) is 5.77. The molecule has 4 nitrogen and oxygen atoms in total. The number of nitrogens with zero attached hydrogens (tertiary/aromatic N) is 1. The standard InChI is InChI=1S/C9H14N2O2S2/c10-8-3-1-5-11(7-8)15(12,13)9-4-2-6-14-9/h2,4,6,8H,1,3,5,7,10H2/t8-/m0/s1. The second-order valence-corrected chi connectivity index (χ2v) is 6.81. The predicted molar refractivity (Wildman–Crippen MR) is 60.3 cm³/mol. The lowest BCUT2D eigenvalue weighted by molar-refractivity contribution is 0.316. The van der Waals surface area contributed by atoms with Crippen LogP contribution in [0.25, 0.3) is 0 Å². The van der Waals surface area contributed by atoms with Crippen LogP contribution >= 0.6 is 11.3 Å². The van der Waals surface area contributed by atoms with Crippen molar-refractivity contribution in [3.05, 3.63) is 17.5 Å². The molecular weight excluding hydrogens is 232 g/mol. The van der Waals surface area contributed by atoms with E-state index in [0.29, 0.717) is 17.3 Å². The van der Waals surface area contributed by atoms with Gasteiger partial charge in [0.1, 0.15) is 4.21 Å². The Morgan fingerprint density at radius 2 is 2.33 bits per heavy atom. The average molecular weight is 246 g/mol. The molecule has 0 spiro atoms. The van der Waals surface area contributed by atoms with Crippen molar-refractivity contribution in [3.8, 4) is 0 Å². The summed E-state index contributed by atoms with van der Waals surface area (Å²) in [6, 6.07) is 3.37. The molecule has 1 fully saturated rings. The Kier molecular flexibility index (Phi) is 3.11. The molecule has 0 aliphatic carbocycles. The summed E-state index contributed by atoms with van der Waals surface area (Å²) in [6.07, 6.45) is 1.77. The minimum atomic E-state index is -3.28. The fourth-order valence-electron chi connectivity index (χ4n) is 1.73. The summed E-state index contributed by atoms with van der Waals surface area (Å²) in [5, 5.41) is 1.77. The van der Waals surface area contributed by atoms with E-state index in [2.05, 4.69) is 0 Å². The van der Waals surface area contributed by atoms with E-state index in [9.17, 15) is 8.42 Å². The summed E-state index contributed by atoms with van der Waals surface area (Å²) < 4.78 is 26.1. The molecule has 1 atom stereocenters. The normalized spacial score (nSPS) is 24.2. The molecule has 1 aliphatic rings. The van der Waals surface area contributed by atoms with Crippen molar-refractivity contribution >= 4 is 21.4 Å². The fourth-order valence-corrected chi connectivity index (χ4v) is 4.41. The first-order valence-corrected chi connectivity index (χ1v) is 7.22. The van der Waals surface area contributed by atoms with Crippen molar-refractivity contribution in [2.24, 2.45) is 5.73 Å². The zero-order valence-corrected chi connectivity index (χ0v) is 9.93. The van der Waals surface area contributed by atoms with Gasteiger partial charge in [-0.3, -0.25) is 0 Å². The Balaban J connectivity index is 2.22. The fraction of sp³-hybridized carbons (Fsp3) is 0.556. The van der Waals surface area contributed by atoms with Crippen molar-refractivity contribution in [1.29, 1.82) is 0 Å². The van der Waals surface area contributed by atoms with Gasteiger partial charge in [-0.15, -0.1) is 11.3 Å². The Labute approximate surface area is 93.8 Å². The summed E-state index contributed by atoms with van der Waals surface area (Å²) in [5.74, 6) is 0. The molecule has 0 unspecified atom stereocenters. The van der Waals surface area contributed by atoms with Gasteiger partial charge in [0.25, 0.3) is 10.0 Å². The van der Waals surface area contributed by atoms with Gasteiger partial charge in [-0.2, -0.15) is 4.31 Å².